The molecule has 0 aromatic rings. The van der Waals surface area contributed by atoms with Crippen LogP contribution in [0.5, 0.6) is 0 Å². The Hall–Kier alpha value is -2.49. The highest BCUT2D eigenvalue weighted by molar-refractivity contribution is 5.84. The van der Waals surface area contributed by atoms with Gasteiger partial charge in [0.2, 0.25) is 0 Å². The highest BCUT2D eigenvalue weighted by atomic mass is 16.6. The quantitative estimate of drug-likeness (QED) is 0.235. The van der Waals surface area contributed by atoms with Crippen molar-refractivity contribution >= 4 is 17.9 Å². The van der Waals surface area contributed by atoms with Crippen molar-refractivity contribution in [2.45, 2.75) is 69.5 Å². The first kappa shape index (κ1) is 24.2. The van der Waals surface area contributed by atoms with Crippen LogP contribution in [0.25, 0.3) is 0 Å². The second-order valence-corrected chi connectivity index (χ2v) is 10.4. The Morgan fingerprint density at radius 1 is 1.06 bits per heavy atom. The molecular weight excluding hydrogens is 456 g/mol. The maximum absolute atomic E-state index is 12.8. The van der Waals surface area contributed by atoms with Gasteiger partial charge in [-0.25, -0.2) is 14.4 Å². The van der Waals surface area contributed by atoms with E-state index in [-0.39, 0.29) is 31.3 Å². The van der Waals surface area contributed by atoms with Crippen LogP contribution in [0.15, 0.2) is 36.0 Å². The van der Waals surface area contributed by atoms with Crippen molar-refractivity contribution in [2.24, 2.45) is 17.3 Å². The fraction of sp³-hybridized carbons (Fsp3) is 0.654. The molecule has 1 saturated carbocycles. The molecule has 3 heterocycles. The minimum absolute atomic E-state index is 0.0220. The third-order valence-electron chi connectivity index (χ3n) is 8.21. The molecule has 0 unspecified atom stereocenters. The van der Waals surface area contributed by atoms with Gasteiger partial charge in [0.05, 0.1) is 25.4 Å². The summed E-state index contributed by atoms with van der Waals surface area (Å²) in [5, 5.41) is 10.6. The van der Waals surface area contributed by atoms with Crippen molar-refractivity contribution in [1.29, 1.82) is 0 Å². The van der Waals surface area contributed by atoms with Gasteiger partial charge >= 0.3 is 17.9 Å². The van der Waals surface area contributed by atoms with Crippen LogP contribution >= 0.6 is 0 Å². The van der Waals surface area contributed by atoms with E-state index in [0.29, 0.717) is 25.9 Å². The normalized spacial score (nSPS) is 43.9. The summed E-state index contributed by atoms with van der Waals surface area (Å²) in [6.07, 6.45) is 7.29. The molecule has 2 saturated heterocycles. The summed E-state index contributed by atoms with van der Waals surface area (Å²) in [6, 6.07) is 0. The number of hydrogen-bond acceptors (Lipinski definition) is 9. The van der Waals surface area contributed by atoms with Crippen LogP contribution in [0, 0.1) is 17.3 Å². The molecule has 5 aliphatic rings. The zero-order valence-corrected chi connectivity index (χ0v) is 20.0. The highest BCUT2D eigenvalue weighted by Gasteiger charge is 2.76. The largest absolute Gasteiger partial charge is 0.463 e. The Bertz CT molecular complexity index is 977. The molecule has 0 amide bonds. The number of allylic oxidation sites excluding steroid dienone is 3. The monoisotopic (exact) mass is 488 g/mol. The number of epoxide rings is 1. The number of rotatable bonds is 0. The smallest absolute Gasteiger partial charge is 0.335 e. The van der Waals surface area contributed by atoms with Gasteiger partial charge in [-0.15, -0.1) is 0 Å². The van der Waals surface area contributed by atoms with Gasteiger partial charge in [-0.1, -0.05) is 30.7 Å². The minimum atomic E-state index is -1.36. The summed E-state index contributed by atoms with van der Waals surface area (Å²) in [5.41, 5.74) is -0.00513. The summed E-state index contributed by atoms with van der Waals surface area (Å²) in [4.78, 5) is 37.3. The zero-order chi connectivity index (χ0) is 24.8. The van der Waals surface area contributed by atoms with E-state index < -0.39 is 47.0 Å². The molecule has 190 valence electrons. The number of carbonyl (C=O) groups excluding carboxylic acids is 3. The summed E-state index contributed by atoms with van der Waals surface area (Å²) in [6.45, 7) is 4.32. The fourth-order valence-corrected chi connectivity index (χ4v) is 6.19. The second kappa shape index (κ2) is 9.19. The lowest BCUT2D eigenvalue weighted by Gasteiger charge is -2.52. The third-order valence-corrected chi connectivity index (χ3v) is 8.21. The molecule has 9 heteroatoms. The van der Waals surface area contributed by atoms with Gasteiger partial charge in [0.1, 0.15) is 18.3 Å². The van der Waals surface area contributed by atoms with Crippen LogP contribution in [0.2, 0.25) is 0 Å². The van der Waals surface area contributed by atoms with Crippen LogP contribution in [-0.2, 0) is 38.1 Å². The standard InChI is InChI=1S/C26H32O9/c1-15-7-9-25-13-32-24(30)22(29)16(2)8-10-31-20(27)5-3-4-6-21(28)34-17-12-19(35-18(25)11-15)26(14-33-26)23(17)25/h3-6,11,16-19,22-23,29H,7-10,12-14H2,1-2H3/t16-,17-,18-,19+,22+,23+,25-,26-/m1/s1. The maximum Gasteiger partial charge on any atom is 0.335 e. The third kappa shape index (κ3) is 4.34. The predicted molar refractivity (Wildman–Crippen MR) is 121 cm³/mol. The average molecular weight is 489 g/mol. The molecule has 0 aromatic heterocycles. The number of cyclic esters (lactones) is 2. The van der Waals surface area contributed by atoms with Gasteiger partial charge in [-0.2, -0.15) is 0 Å². The van der Waals surface area contributed by atoms with E-state index in [2.05, 4.69) is 13.0 Å². The SMILES string of the molecule is CC1=C[C@H]2O[C@H]3C[C@H]4OC(=O)C=CC=CC(=O)OCC[C@@H](C)[C@H](O)C(=O)OC[C@@]2(CC1)[C@H]4[C@@]31CO1. The number of aliphatic hydroxyl groups excluding tert-OH is 1. The lowest BCUT2D eigenvalue weighted by molar-refractivity contribution is -0.199. The molecule has 1 N–H and O–H groups in total. The molecule has 5 rings (SSSR count). The first-order valence-corrected chi connectivity index (χ1v) is 12.3. The molecule has 0 aromatic carbocycles. The highest BCUT2D eigenvalue weighted by Crippen LogP contribution is 2.65. The molecular formula is C26H32O9. The van der Waals surface area contributed by atoms with Gasteiger partial charge in [0.15, 0.2) is 6.10 Å². The summed E-state index contributed by atoms with van der Waals surface area (Å²) in [7, 11) is 0. The van der Waals surface area contributed by atoms with Crippen LogP contribution < -0.4 is 0 Å². The van der Waals surface area contributed by atoms with Crippen molar-refractivity contribution in [2.75, 3.05) is 19.8 Å². The van der Waals surface area contributed by atoms with E-state index in [1.807, 2.05) is 0 Å². The molecule has 2 bridgehead atoms. The first-order chi connectivity index (χ1) is 16.7. The molecule has 2 aliphatic carbocycles. The summed E-state index contributed by atoms with van der Waals surface area (Å²) < 4.78 is 29.2. The lowest BCUT2D eigenvalue weighted by atomic mass is 9.60. The Kier molecular flexibility index (Phi) is 6.35. The van der Waals surface area contributed by atoms with E-state index >= 15 is 0 Å². The lowest BCUT2D eigenvalue weighted by Crippen LogP contribution is -2.60. The van der Waals surface area contributed by atoms with E-state index in [9.17, 15) is 19.5 Å². The predicted octanol–water partition coefficient (Wildman–Crippen LogP) is 1.78. The van der Waals surface area contributed by atoms with Gasteiger partial charge in [-0.05, 0) is 32.1 Å². The molecule has 0 radical (unpaired) electrons. The van der Waals surface area contributed by atoms with Gasteiger partial charge in [-0.3, -0.25) is 0 Å². The van der Waals surface area contributed by atoms with Gasteiger partial charge < -0.3 is 28.8 Å². The van der Waals surface area contributed by atoms with Crippen LogP contribution in [0.1, 0.15) is 39.5 Å². The molecule has 3 aliphatic heterocycles. The van der Waals surface area contributed by atoms with Crippen molar-refractivity contribution in [3.63, 3.8) is 0 Å². The van der Waals surface area contributed by atoms with E-state index in [4.69, 9.17) is 23.7 Å². The molecule has 2 spiro atoms. The van der Waals surface area contributed by atoms with Crippen molar-refractivity contribution in [3.8, 4) is 0 Å². The van der Waals surface area contributed by atoms with Crippen LogP contribution in [-0.4, -0.2) is 72.9 Å². The van der Waals surface area contributed by atoms with E-state index in [0.717, 1.165) is 6.42 Å². The number of carbonyl (C=O) groups is 3. The zero-order valence-electron chi connectivity index (χ0n) is 20.0. The molecule has 9 nitrogen and oxygen atoms in total. The molecule has 8 atom stereocenters. The number of ether oxygens (including phenoxy) is 5. The van der Waals surface area contributed by atoms with E-state index in [1.54, 1.807) is 6.92 Å². The maximum atomic E-state index is 12.8. The van der Waals surface area contributed by atoms with Gasteiger partial charge in [0, 0.05) is 29.9 Å². The summed E-state index contributed by atoms with van der Waals surface area (Å²) >= 11 is 0. The van der Waals surface area contributed by atoms with Crippen LogP contribution in [0.3, 0.4) is 0 Å². The fourth-order valence-electron chi connectivity index (χ4n) is 6.19. The Balaban J connectivity index is 1.48. The Morgan fingerprint density at radius 3 is 2.54 bits per heavy atom. The average Bonchev–Trinajstić information content (AvgIpc) is 3.56. The Morgan fingerprint density at radius 2 is 1.80 bits per heavy atom. The molecule has 3 fully saturated rings. The number of hydrogen-bond donors (Lipinski definition) is 1. The van der Waals surface area contributed by atoms with Crippen molar-refractivity contribution in [3.05, 3.63) is 36.0 Å². The van der Waals surface area contributed by atoms with Gasteiger partial charge in [0.25, 0.3) is 0 Å². The molecule has 35 heavy (non-hydrogen) atoms. The number of aliphatic hydroxyl groups is 1. The van der Waals surface area contributed by atoms with E-state index in [1.165, 1.54) is 29.9 Å². The van der Waals surface area contributed by atoms with Crippen LogP contribution in [0.4, 0.5) is 0 Å². The van der Waals surface area contributed by atoms with Crippen molar-refractivity contribution < 1.29 is 43.2 Å². The second-order valence-electron chi connectivity index (χ2n) is 10.4. The Labute approximate surface area is 204 Å². The summed E-state index contributed by atoms with van der Waals surface area (Å²) in [5.74, 6) is -2.53. The topological polar surface area (TPSA) is 121 Å². The van der Waals surface area contributed by atoms with Crippen molar-refractivity contribution in [1.82, 2.24) is 0 Å². The minimum Gasteiger partial charge on any atom is -0.463 e. The number of esters is 3. The first-order valence-electron chi connectivity index (χ1n) is 12.3.